The minimum atomic E-state index is -1.18. The summed E-state index contributed by atoms with van der Waals surface area (Å²) in [6, 6.07) is -1.13. The molecule has 0 aromatic heterocycles. The highest BCUT2D eigenvalue weighted by Crippen LogP contribution is 1.83. The van der Waals surface area contributed by atoms with Crippen molar-refractivity contribution in [3.05, 3.63) is 0 Å². The van der Waals surface area contributed by atoms with Gasteiger partial charge >= 0.3 is 5.97 Å². The van der Waals surface area contributed by atoms with Gasteiger partial charge in [0.15, 0.2) is 0 Å². The molecule has 0 aliphatic heterocycles. The van der Waals surface area contributed by atoms with Crippen LogP contribution in [0.1, 0.15) is 0 Å². The molecule has 11 nitrogen and oxygen atoms in total. The zero-order chi connectivity index (χ0) is 19.9. The van der Waals surface area contributed by atoms with Crippen molar-refractivity contribution < 1.29 is 48.9 Å². The SMILES string of the molecule is NC(CO)C(=O)O.OCCOCCOCCOCCOCCOCCO. The van der Waals surface area contributed by atoms with Crippen LogP contribution >= 0.6 is 0 Å². The monoisotopic (exact) mass is 387 g/mol. The topological polar surface area (TPSA) is 170 Å². The third kappa shape index (κ3) is 25.4. The summed E-state index contributed by atoms with van der Waals surface area (Å²) in [6.07, 6.45) is 0. The van der Waals surface area contributed by atoms with Gasteiger partial charge in [0.25, 0.3) is 0 Å². The van der Waals surface area contributed by atoms with Crippen molar-refractivity contribution >= 4 is 5.97 Å². The minimum absolute atomic E-state index is 0.0359. The van der Waals surface area contributed by atoms with Gasteiger partial charge in [0, 0.05) is 0 Å². The van der Waals surface area contributed by atoms with E-state index in [1.54, 1.807) is 0 Å². The van der Waals surface area contributed by atoms with Gasteiger partial charge < -0.3 is 49.8 Å². The Hall–Kier alpha value is -0.890. The van der Waals surface area contributed by atoms with Crippen LogP contribution in [0.4, 0.5) is 0 Å². The molecule has 0 rings (SSSR count). The van der Waals surface area contributed by atoms with Crippen molar-refractivity contribution in [2.45, 2.75) is 6.04 Å². The molecule has 0 amide bonds. The number of hydrogen-bond donors (Lipinski definition) is 5. The number of hydrogen-bond acceptors (Lipinski definition) is 10. The van der Waals surface area contributed by atoms with E-state index in [0.29, 0.717) is 66.1 Å². The summed E-state index contributed by atoms with van der Waals surface area (Å²) in [5.74, 6) is -1.18. The van der Waals surface area contributed by atoms with Crippen LogP contribution in [0.3, 0.4) is 0 Å². The first kappa shape index (κ1) is 27.3. The lowest BCUT2D eigenvalue weighted by molar-refractivity contribution is -0.139. The molecule has 0 spiro atoms. The number of rotatable bonds is 18. The quantitative estimate of drug-likeness (QED) is 0.157. The van der Waals surface area contributed by atoms with E-state index >= 15 is 0 Å². The lowest BCUT2D eigenvalue weighted by Gasteiger charge is -2.07. The van der Waals surface area contributed by atoms with Crippen LogP contribution in [0, 0.1) is 0 Å². The van der Waals surface area contributed by atoms with E-state index in [4.69, 9.17) is 49.8 Å². The van der Waals surface area contributed by atoms with Crippen LogP contribution in [0.2, 0.25) is 0 Å². The molecule has 0 aliphatic rings. The maximum atomic E-state index is 9.65. The average molecular weight is 387 g/mol. The molecule has 26 heavy (non-hydrogen) atoms. The maximum Gasteiger partial charge on any atom is 0.322 e. The molecule has 0 aromatic rings. The van der Waals surface area contributed by atoms with Crippen molar-refractivity contribution in [3.63, 3.8) is 0 Å². The van der Waals surface area contributed by atoms with Crippen molar-refractivity contribution in [1.29, 1.82) is 0 Å². The number of aliphatic hydroxyl groups is 3. The van der Waals surface area contributed by atoms with Gasteiger partial charge in [-0.1, -0.05) is 0 Å². The highest BCUT2D eigenvalue weighted by molar-refractivity contribution is 5.73. The average Bonchev–Trinajstić information content (AvgIpc) is 2.64. The Balaban J connectivity index is 0. The summed E-state index contributed by atoms with van der Waals surface area (Å²) in [5.41, 5.74) is 4.77. The number of ether oxygens (including phenoxy) is 5. The fourth-order valence-electron chi connectivity index (χ4n) is 1.19. The van der Waals surface area contributed by atoms with Crippen LogP contribution in [0.15, 0.2) is 0 Å². The Bertz CT molecular complexity index is 267. The van der Waals surface area contributed by atoms with Crippen LogP contribution in [0.5, 0.6) is 0 Å². The normalized spacial score (nSPS) is 11.7. The zero-order valence-corrected chi connectivity index (χ0v) is 15.1. The van der Waals surface area contributed by atoms with Gasteiger partial charge in [-0.3, -0.25) is 4.79 Å². The van der Waals surface area contributed by atoms with E-state index in [1.165, 1.54) is 0 Å². The Morgan fingerprint density at radius 1 is 0.654 bits per heavy atom. The van der Waals surface area contributed by atoms with Crippen molar-refractivity contribution in [3.8, 4) is 0 Å². The molecule has 0 aromatic carbocycles. The summed E-state index contributed by atoms with van der Waals surface area (Å²) in [7, 11) is 0. The third-order valence-corrected chi connectivity index (χ3v) is 2.47. The fraction of sp³-hybridized carbons (Fsp3) is 0.933. The first-order valence-electron chi connectivity index (χ1n) is 8.29. The molecule has 0 fully saturated rings. The van der Waals surface area contributed by atoms with Gasteiger partial charge in [-0.2, -0.15) is 0 Å². The van der Waals surface area contributed by atoms with E-state index in [-0.39, 0.29) is 13.2 Å². The molecule has 0 bridgehead atoms. The summed E-state index contributed by atoms with van der Waals surface area (Å²) in [5, 5.41) is 32.8. The Morgan fingerprint density at radius 2 is 0.923 bits per heavy atom. The van der Waals surface area contributed by atoms with Gasteiger partial charge in [0.1, 0.15) is 6.04 Å². The molecule has 1 atom stereocenters. The number of carboxylic acids is 1. The fourth-order valence-corrected chi connectivity index (χ4v) is 1.19. The van der Waals surface area contributed by atoms with E-state index in [1.807, 2.05) is 0 Å². The van der Waals surface area contributed by atoms with Gasteiger partial charge in [-0.25, -0.2) is 0 Å². The van der Waals surface area contributed by atoms with E-state index in [2.05, 4.69) is 0 Å². The van der Waals surface area contributed by atoms with Crippen LogP contribution in [-0.2, 0) is 28.5 Å². The van der Waals surface area contributed by atoms with E-state index in [9.17, 15) is 4.79 Å². The molecule has 0 heterocycles. The first-order valence-corrected chi connectivity index (χ1v) is 8.29. The predicted octanol–water partition coefficient (Wildman–Crippen LogP) is -2.56. The lowest BCUT2D eigenvalue weighted by atomic mass is 10.3. The molecule has 0 radical (unpaired) electrons. The maximum absolute atomic E-state index is 9.65. The predicted molar refractivity (Wildman–Crippen MR) is 91.0 cm³/mol. The van der Waals surface area contributed by atoms with Crippen LogP contribution in [-0.4, -0.2) is 118 Å². The van der Waals surface area contributed by atoms with Crippen molar-refractivity contribution in [2.75, 3.05) is 85.9 Å². The Morgan fingerprint density at radius 3 is 1.08 bits per heavy atom. The van der Waals surface area contributed by atoms with E-state index < -0.39 is 18.6 Å². The van der Waals surface area contributed by atoms with Gasteiger partial charge in [-0.05, 0) is 0 Å². The minimum Gasteiger partial charge on any atom is -0.480 e. The van der Waals surface area contributed by atoms with Gasteiger partial charge in [-0.15, -0.1) is 0 Å². The number of carbonyl (C=O) groups is 1. The number of carboxylic acid groups (broad SMARTS) is 1. The summed E-state index contributed by atoms with van der Waals surface area (Å²) in [4.78, 5) is 9.65. The van der Waals surface area contributed by atoms with Crippen LogP contribution < -0.4 is 5.73 Å². The highest BCUT2D eigenvalue weighted by atomic mass is 16.6. The largest absolute Gasteiger partial charge is 0.480 e. The summed E-state index contributed by atoms with van der Waals surface area (Å²) in [6.45, 7) is 4.30. The smallest absolute Gasteiger partial charge is 0.322 e. The number of aliphatic hydroxyl groups excluding tert-OH is 3. The molecular weight excluding hydrogens is 354 g/mol. The molecule has 11 heteroatoms. The number of nitrogens with two attached hydrogens (primary N) is 1. The molecule has 0 aliphatic carbocycles. The third-order valence-electron chi connectivity index (χ3n) is 2.47. The first-order chi connectivity index (χ1) is 12.6. The van der Waals surface area contributed by atoms with Gasteiger partial charge in [0.05, 0.1) is 85.9 Å². The number of aliphatic carboxylic acids is 1. The second-order valence-corrected chi connectivity index (χ2v) is 4.64. The second-order valence-electron chi connectivity index (χ2n) is 4.64. The summed E-state index contributed by atoms with van der Waals surface area (Å²) >= 11 is 0. The Labute approximate surface area is 153 Å². The Kier molecular flexibility index (Phi) is 25.3. The molecule has 0 saturated carbocycles. The van der Waals surface area contributed by atoms with Gasteiger partial charge in [0.2, 0.25) is 0 Å². The second kappa shape index (κ2) is 24.1. The van der Waals surface area contributed by atoms with Crippen LogP contribution in [0.25, 0.3) is 0 Å². The van der Waals surface area contributed by atoms with Crippen molar-refractivity contribution in [2.24, 2.45) is 5.73 Å². The lowest BCUT2D eigenvalue weighted by Crippen LogP contribution is -2.33. The van der Waals surface area contributed by atoms with E-state index in [0.717, 1.165) is 0 Å². The highest BCUT2D eigenvalue weighted by Gasteiger charge is 2.07. The molecular formula is C15H33NO10. The standard InChI is InChI=1S/C12H26O7.C3H7NO3/c13-1-3-15-5-7-17-9-11-19-12-10-18-8-6-16-4-2-14;4-2(1-5)3(6)7/h13-14H,1-12H2;2,5H,1,4H2,(H,6,7). The summed E-state index contributed by atoms with van der Waals surface area (Å²) < 4.78 is 25.8. The molecule has 158 valence electrons. The zero-order valence-electron chi connectivity index (χ0n) is 15.1. The molecule has 0 saturated heterocycles. The molecule has 6 N–H and O–H groups in total. The van der Waals surface area contributed by atoms with Crippen molar-refractivity contribution in [1.82, 2.24) is 0 Å². The molecule has 1 unspecified atom stereocenters.